The van der Waals surface area contributed by atoms with Crippen molar-refractivity contribution in [1.82, 2.24) is 10.0 Å². The van der Waals surface area contributed by atoms with Crippen LogP contribution in [0, 0.1) is 0 Å². The molecule has 1 aromatic carbocycles. The number of halogens is 2. The van der Waals surface area contributed by atoms with Gasteiger partial charge in [-0.3, -0.25) is 4.99 Å². The Labute approximate surface area is 179 Å². The number of para-hydroxylation sites is 1. The summed E-state index contributed by atoms with van der Waals surface area (Å²) in [4.78, 5) is 6.42. The monoisotopic (exact) mass is 526 g/mol. The van der Waals surface area contributed by atoms with Gasteiger partial charge in [-0.05, 0) is 30.2 Å². The second-order valence-electron chi connectivity index (χ2n) is 5.46. The van der Waals surface area contributed by atoms with E-state index >= 15 is 0 Å². The third-order valence-electron chi connectivity index (χ3n) is 3.87. The van der Waals surface area contributed by atoms with Crippen LogP contribution in [0.1, 0.15) is 5.56 Å². The van der Waals surface area contributed by atoms with E-state index in [-0.39, 0.29) is 34.7 Å². The van der Waals surface area contributed by atoms with Gasteiger partial charge in [0.2, 0.25) is 10.0 Å². The molecule has 2 N–H and O–H groups in total. The van der Waals surface area contributed by atoms with Crippen LogP contribution in [-0.2, 0) is 16.4 Å². The number of benzene rings is 1. The van der Waals surface area contributed by atoms with E-state index in [0.29, 0.717) is 10.9 Å². The molecule has 0 fully saturated rings. The SMILES string of the molecule is CN=C(NCCNS(=O)(=O)c1ccc(Cl)s1)N1CCc2ccccc21.I. The van der Waals surface area contributed by atoms with Gasteiger partial charge in [-0.2, -0.15) is 0 Å². The van der Waals surface area contributed by atoms with Crippen LogP contribution in [0.2, 0.25) is 4.34 Å². The standard InChI is InChI=1S/C16H19ClN4O2S2.HI/c1-18-16(21-11-8-12-4-2-3-5-13(12)21)19-9-10-20-25(22,23)15-7-6-14(17)24-15;/h2-7,20H,8-11H2,1H3,(H,18,19);1H. The molecule has 0 unspecified atom stereocenters. The zero-order valence-corrected chi connectivity index (χ0v) is 18.8. The van der Waals surface area contributed by atoms with Crippen molar-refractivity contribution in [3.8, 4) is 0 Å². The molecule has 0 radical (unpaired) electrons. The lowest BCUT2D eigenvalue weighted by molar-refractivity contribution is 0.583. The van der Waals surface area contributed by atoms with E-state index in [1.807, 2.05) is 12.1 Å². The summed E-state index contributed by atoms with van der Waals surface area (Å²) in [5.41, 5.74) is 2.44. The lowest BCUT2D eigenvalue weighted by atomic mass is 10.2. The highest BCUT2D eigenvalue weighted by Crippen LogP contribution is 2.27. The number of nitrogens with zero attached hydrogens (tertiary/aromatic N) is 2. The predicted octanol–water partition coefficient (Wildman–Crippen LogP) is 2.94. The van der Waals surface area contributed by atoms with Crippen molar-refractivity contribution < 1.29 is 8.42 Å². The predicted molar refractivity (Wildman–Crippen MR) is 119 cm³/mol. The molecule has 2 aromatic rings. The van der Waals surface area contributed by atoms with Gasteiger partial charge in [0, 0.05) is 32.4 Å². The number of sulfonamides is 1. The average molecular weight is 527 g/mol. The Kier molecular flexibility index (Phi) is 7.71. The Morgan fingerprint density at radius 3 is 2.73 bits per heavy atom. The second kappa shape index (κ2) is 9.36. The highest BCUT2D eigenvalue weighted by Gasteiger charge is 2.22. The molecule has 0 amide bonds. The van der Waals surface area contributed by atoms with Gasteiger partial charge in [-0.15, -0.1) is 35.3 Å². The van der Waals surface area contributed by atoms with Crippen LogP contribution in [0.25, 0.3) is 0 Å². The van der Waals surface area contributed by atoms with E-state index in [9.17, 15) is 8.42 Å². The van der Waals surface area contributed by atoms with Crippen LogP contribution in [0.3, 0.4) is 0 Å². The number of nitrogens with one attached hydrogen (secondary N) is 2. The molecule has 3 rings (SSSR count). The van der Waals surface area contributed by atoms with Crippen LogP contribution >= 0.6 is 46.9 Å². The minimum atomic E-state index is -3.52. The third-order valence-corrected chi connectivity index (χ3v) is 7.05. The van der Waals surface area contributed by atoms with E-state index in [2.05, 4.69) is 32.1 Å². The van der Waals surface area contributed by atoms with Gasteiger partial charge in [0.15, 0.2) is 5.96 Å². The highest BCUT2D eigenvalue weighted by molar-refractivity contribution is 14.0. The molecule has 0 spiro atoms. The van der Waals surface area contributed by atoms with Gasteiger partial charge in [-0.1, -0.05) is 29.8 Å². The summed E-state index contributed by atoms with van der Waals surface area (Å²) in [6.45, 7) is 1.55. The Bertz CT molecular complexity index is 886. The molecule has 2 heterocycles. The summed E-state index contributed by atoms with van der Waals surface area (Å²) in [7, 11) is -1.80. The molecule has 1 aliphatic rings. The number of hydrogen-bond donors (Lipinski definition) is 2. The number of aliphatic imine (C=N–C) groups is 1. The van der Waals surface area contributed by atoms with Crippen LogP contribution < -0.4 is 14.9 Å². The zero-order chi connectivity index (χ0) is 17.9. The van der Waals surface area contributed by atoms with E-state index in [1.165, 1.54) is 11.6 Å². The Balaban J connectivity index is 0.00000243. The molecule has 0 atom stereocenters. The Morgan fingerprint density at radius 1 is 1.27 bits per heavy atom. The molecule has 1 aromatic heterocycles. The van der Waals surface area contributed by atoms with Gasteiger partial charge in [-0.25, -0.2) is 13.1 Å². The summed E-state index contributed by atoms with van der Waals surface area (Å²) in [5, 5.41) is 3.21. The van der Waals surface area contributed by atoms with E-state index in [0.717, 1.165) is 35.9 Å². The van der Waals surface area contributed by atoms with Crippen molar-refractivity contribution in [1.29, 1.82) is 0 Å². The van der Waals surface area contributed by atoms with Crippen molar-refractivity contribution in [2.75, 3.05) is 31.6 Å². The molecule has 26 heavy (non-hydrogen) atoms. The zero-order valence-electron chi connectivity index (χ0n) is 14.1. The molecule has 1 aliphatic heterocycles. The minimum Gasteiger partial charge on any atom is -0.355 e. The first-order valence-corrected chi connectivity index (χ1v) is 10.5. The molecular formula is C16H20ClIN4O2S2. The Hall–Kier alpha value is -0.880. The second-order valence-corrected chi connectivity index (χ2v) is 9.17. The first-order valence-electron chi connectivity index (χ1n) is 7.82. The number of anilines is 1. The van der Waals surface area contributed by atoms with E-state index < -0.39 is 10.0 Å². The van der Waals surface area contributed by atoms with E-state index in [4.69, 9.17) is 11.6 Å². The smallest absolute Gasteiger partial charge is 0.250 e. The number of hydrogen-bond acceptors (Lipinski definition) is 4. The summed E-state index contributed by atoms with van der Waals surface area (Å²) in [5.74, 6) is 0.739. The highest BCUT2D eigenvalue weighted by atomic mass is 127. The van der Waals surface area contributed by atoms with Crippen LogP contribution in [-0.4, -0.2) is 41.1 Å². The molecular weight excluding hydrogens is 507 g/mol. The van der Waals surface area contributed by atoms with Crippen molar-refractivity contribution in [3.05, 3.63) is 46.3 Å². The molecule has 0 bridgehead atoms. The fourth-order valence-corrected chi connectivity index (χ4v) is 5.29. The van der Waals surface area contributed by atoms with Crippen molar-refractivity contribution >= 4 is 68.6 Å². The maximum Gasteiger partial charge on any atom is 0.250 e. The van der Waals surface area contributed by atoms with Crippen LogP contribution in [0.4, 0.5) is 5.69 Å². The average Bonchev–Trinajstić information content (AvgIpc) is 3.22. The van der Waals surface area contributed by atoms with Gasteiger partial charge in [0.05, 0.1) is 4.34 Å². The molecule has 142 valence electrons. The van der Waals surface area contributed by atoms with Gasteiger partial charge in [0.1, 0.15) is 4.21 Å². The van der Waals surface area contributed by atoms with Gasteiger partial charge in [0.25, 0.3) is 0 Å². The maximum atomic E-state index is 12.2. The van der Waals surface area contributed by atoms with Crippen LogP contribution in [0.15, 0.2) is 45.6 Å². The summed E-state index contributed by atoms with van der Waals surface area (Å²) >= 11 is 6.83. The molecule has 10 heteroatoms. The maximum absolute atomic E-state index is 12.2. The minimum absolute atomic E-state index is 0. The fourth-order valence-electron chi connectivity index (χ4n) is 2.73. The number of rotatable bonds is 5. The summed E-state index contributed by atoms with van der Waals surface area (Å²) in [6, 6.07) is 11.3. The third kappa shape index (κ3) is 4.89. The lowest BCUT2D eigenvalue weighted by Crippen LogP contribution is -2.43. The van der Waals surface area contributed by atoms with Crippen molar-refractivity contribution in [3.63, 3.8) is 0 Å². The normalized spacial score (nSPS) is 14.1. The summed E-state index contributed by atoms with van der Waals surface area (Å²) in [6.07, 6.45) is 0.975. The fraction of sp³-hybridized carbons (Fsp3) is 0.312. The van der Waals surface area contributed by atoms with Gasteiger partial charge < -0.3 is 10.2 Å². The number of fused-ring (bicyclic) bond motifs is 1. The van der Waals surface area contributed by atoms with Crippen molar-refractivity contribution in [2.45, 2.75) is 10.6 Å². The lowest BCUT2D eigenvalue weighted by Gasteiger charge is -2.22. The molecule has 0 saturated heterocycles. The van der Waals surface area contributed by atoms with Gasteiger partial charge >= 0.3 is 0 Å². The topological polar surface area (TPSA) is 73.8 Å². The molecule has 6 nitrogen and oxygen atoms in total. The number of thiophene rings is 1. The summed E-state index contributed by atoms with van der Waals surface area (Å²) < 4.78 is 27.5. The van der Waals surface area contributed by atoms with Crippen molar-refractivity contribution in [2.24, 2.45) is 4.99 Å². The first kappa shape index (κ1) is 21.4. The largest absolute Gasteiger partial charge is 0.355 e. The molecule has 0 saturated carbocycles. The van der Waals surface area contributed by atoms with Crippen LogP contribution in [0.5, 0.6) is 0 Å². The quantitative estimate of drug-likeness (QED) is 0.272. The first-order chi connectivity index (χ1) is 12.0. The van der Waals surface area contributed by atoms with E-state index in [1.54, 1.807) is 13.1 Å². The Morgan fingerprint density at radius 2 is 2.04 bits per heavy atom. The number of guanidine groups is 1. The molecule has 0 aliphatic carbocycles.